The summed E-state index contributed by atoms with van der Waals surface area (Å²) >= 11 is 0. The van der Waals surface area contributed by atoms with Crippen LogP contribution < -0.4 is 10.9 Å². The number of aromatic amines is 1. The molecule has 1 amide bonds. The Kier molecular flexibility index (Phi) is 6.60. The molecule has 0 aliphatic carbocycles. The summed E-state index contributed by atoms with van der Waals surface area (Å²) in [6.45, 7) is 4.42. The second-order valence-electron chi connectivity index (χ2n) is 7.41. The summed E-state index contributed by atoms with van der Waals surface area (Å²) in [6.07, 6.45) is 1.62. The molecule has 0 unspecified atom stereocenters. The zero-order valence-corrected chi connectivity index (χ0v) is 16.9. The van der Waals surface area contributed by atoms with Crippen LogP contribution in [0.2, 0.25) is 0 Å². The van der Waals surface area contributed by atoms with Gasteiger partial charge in [0, 0.05) is 41.4 Å². The molecule has 0 aliphatic heterocycles. The number of benzene rings is 2. The number of hydrogen-bond donors (Lipinski definition) is 2. The summed E-state index contributed by atoms with van der Waals surface area (Å²) in [5.74, 6) is -0.0541. The van der Waals surface area contributed by atoms with Gasteiger partial charge >= 0.3 is 0 Å². The Bertz CT molecular complexity index is 1080. The Labute approximate surface area is 170 Å². The number of carbonyl (C=O) groups excluding carboxylic acids is 2. The fraction of sp³-hybridized carbons (Fsp3) is 0.292. The Balaban J connectivity index is 1.48. The molecule has 0 aliphatic rings. The maximum atomic E-state index is 12.3. The van der Waals surface area contributed by atoms with E-state index in [-0.39, 0.29) is 17.2 Å². The average Bonchev–Trinajstić information content (AvgIpc) is 2.69. The largest absolute Gasteiger partial charge is 0.356 e. The summed E-state index contributed by atoms with van der Waals surface area (Å²) < 4.78 is 0. The van der Waals surface area contributed by atoms with Crippen LogP contribution in [0.25, 0.3) is 10.9 Å². The number of ketones is 1. The number of carbonyl (C=O) groups is 2. The third-order valence-corrected chi connectivity index (χ3v) is 5.01. The maximum absolute atomic E-state index is 12.3. The van der Waals surface area contributed by atoms with Gasteiger partial charge in [-0.15, -0.1) is 0 Å². The van der Waals surface area contributed by atoms with E-state index in [0.29, 0.717) is 43.4 Å². The van der Waals surface area contributed by atoms with Gasteiger partial charge in [0.05, 0.1) is 0 Å². The van der Waals surface area contributed by atoms with Crippen molar-refractivity contribution in [3.05, 3.63) is 81.1 Å². The van der Waals surface area contributed by atoms with Crippen molar-refractivity contribution >= 4 is 22.6 Å². The first-order valence-electron chi connectivity index (χ1n) is 9.92. The highest BCUT2D eigenvalue weighted by Crippen LogP contribution is 2.18. The van der Waals surface area contributed by atoms with Crippen molar-refractivity contribution in [2.45, 2.75) is 39.5 Å². The van der Waals surface area contributed by atoms with Crippen LogP contribution in [-0.2, 0) is 11.2 Å². The fourth-order valence-corrected chi connectivity index (χ4v) is 3.50. The molecule has 0 saturated carbocycles. The summed E-state index contributed by atoms with van der Waals surface area (Å²) in [6, 6.07) is 15.1. The molecule has 29 heavy (non-hydrogen) atoms. The minimum atomic E-state index is -0.120. The lowest BCUT2D eigenvalue weighted by Gasteiger charge is -2.08. The normalized spacial score (nSPS) is 10.8. The van der Waals surface area contributed by atoms with E-state index in [1.54, 1.807) is 12.1 Å². The number of amides is 1. The summed E-state index contributed by atoms with van der Waals surface area (Å²) in [5.41, 5.74) is 4.27. The van der Waals surface area contributed by atoms with Crippen LogP contribution in [0.3, 0.4) is 0 Å². The number of Topliss-reactive ketones (excluding diaryl/α,β-unsaturated/α-hetero) is 1. The van der Waals surface area contributed by atoms with Crippen molar-refractivity contribution in [1.29, 1.82) is 0 Å². The molecule has 2 N–H and O–H groups in total. The molecular formula is C24H26N2O3. The number of rotatable bonds is 8. The third-order valence-electron chi connectivity index (χ3n) is 5.01. The molecule has 3 aromatic rings. The lowest BCUT2D eigenvalue weighted by molar-refractivity contribution is -0.121. The minimum Gasteiger partial charge on any atom is -0.356 e. The molecule has 5 heteroatoms. The molecule has 0 spiro atoms. The lowest BCUT2D eigenvalue weighted by Crippen LogP contribution is -2.27. The number of pyridine rings is 1. The van der Waals surface area contributed by atoms with Gasteiger partial charge in [-0.1, -0.05) is 36.4 Å². The van der Waals surface area contributed by atoms with Gasteiger partial charge in [0.1, 0.15) is 0 Å². The zero-order chi connectivity index (χ0) is 20.8. The van der Waals surface area contributed by atoms with Gasteiger partial charge in [-0.25, -0.2) is 0 Å². The van der Waals surface area contributed by atoms with Gasteiger partial charge in [0.15, 0.2) is 5.78 Å². The van der Waals surface area contributed by atoms with Crippen LogP contribution in [0.5, 0.6) is 0 Å². The fourth-order valence-electron chi connectivity index (χ4n) is 3.50. The summed E-state index contributed by atoms with van der Waals surface area (Å²) in [5, 5.41) is 3.86. The van der Waals surface area contributed by atoms with Crippen molar-refractivity contribution in [3.63, 3.8) is 0 Å². The first-order valence-corrected chi connectivity index (χ1v) is 9.92. The van der Waals surface area contributed by atoms with Gasteiger partial charge in [0.25, 0.3) is 5.56 Å². The third kappa shape index (κ3) is 5.41. The van der Waals surface area contributed by atoms with Crippen LogP contribution in [0.4, 0.5) is 0 Å². The SMILES string of the molecule is Cc1cc(C)c2cc(CCNC(=O)CCCC(=O)c3ccccc3)c(=O)[nH]c2c1. The quantitative estimate of drug-likeness (QED) is 0.573. The molecule has 2 aromatic carbocycles. The number of hydrogen-bond acceptors (Lipinski definition) is 3. The second-order valence-corrected chi connectivity index (χ2v) is 7.41. The van der Waals surface area contributed by atoms with Crippen molar-refractivity contribution in [3.8, 4) is 0 Å². The predicted molar refractivity (Wildman–Crippen MR) is 115 cm³/mol. The molecule has 3 rings (SSSR count). The number of H-pyrrole nitrogens is 1. The molecule has 0 fully saturated rings. The number of aryl methyl sites for hydroxylation is 2. The second kappa shape index (κ2) is 9.32. The first-order chi connectivity index (χ1) is 13.9. The molecule has 5 nitrogen and oxygen atoms in total. The van der Waals surface area contributed by atoms with E-state index < -0.39 is 0 Å². The molecule has 0 radical (unpaired) electrons. The van der Waals surface area contributed by atoms with Crippen molar-refractivity contribution in [2.24, 2.45) is 0 Å². The standard InChI is InChI=1S/C24H26N2O3/c1-16-13-17(2)20-15-19(24(29)26-21(20)14-16)11-12-25-23(28)10-6-9-22(27)18-7-4-3-5-8-18/h3-5,7-8,13-15H,6,9-12H2,1-2H3,(H,25,28)(H,26,29). The number of fused-ring (bicyclic) bond motifs is 1. The summed E-state index contributed by atoms with van der Waals surface area (Å²) in [4.78, 5) is 39.3. The van der Waals surface area contributed by atoms with Crippen molar-refractivity contribution in [1.82, 2.24) is 10.3 Å². The molecule has 150 valence electrons. The molecular weight excluding hydrogens is 364 g/mol. The van der Waals surface area contributed by atoms with E-state index >= 15 is 0 Å². The average molecular weight is 390 g/mol. The highest BCUT2D eigenvalue weighted by atomic mass is 16.1. The minimum absolute atomic E-state index is 0.0479. The number of aromatic nitrogens is 1. The highest BCUT2D eigenvalue weighted by molar-refractivity contribution is 5.96. The van der Waals surface area contributed by atoms with Gasteiger partial charge < -0.3 is 10.3 Å². The monoisotopic (exact) mass is 390 g/mol. The highest BCUT2D eigenvalue weighted by Gasteiger charge is 2.09. The van der Waals surface area contributed by atoms with Gasteiger partial charge in [0.2, 0.25) is 5.91 Å². The predicted octanol–water partition coefficient (Wildman–Crippen LogP) is 3.86. The van der Waals surface area contributed by atoms with Gasteiger partial charge in [-0.05, 0) is 49.9 Å². The molecule has 0 bridgehead atoms. The Morgan fingerprint density at radius 2 is 1.76 bits per heavy atom. The Morgan fingerprint density at radius 1 is 1.00 bits per heavy atom. The smallest absolute Gasteiger partial charge is 0.251 e. The zero-order valence-electron chi connectivity index (χ0n) is 16.9. The van der Waals surface area contributed by atoms with Crippen LogP contribution in [0.15, 0.2) is 53.3 Å². The van der Waals surface area contributed by atoms with Crippen LogP contribution in [0.1, 0.15) is 46.3 Å². The Morgan fingerprint density at radius 3 is 2.52 bits per heavy atom. The van der Waals surface area contributed by atoms with Crippen LogP contribution in [0, 0.1) is 13.8 Å². The van der Waals surface area contributed by atoms with Crippen LogP contribution >= 0.6 is 0 Å². The van der Waals surface area contributed by atoms with Crippen molar-refractivity contribution in [2.75, 3.05) is 6.54 Å². The molecule has 0 atom stereocenters. The Hall–Kier alpha value is -3.21. The van der Waals surface area contributed by atoms with E-state index in [1.807, 2.05) is 44.2 Å². The van der Waals surface area contributed by atoms with E-state index in [0.717, 1.165) is 22.0 Å². The maximum Gasteiger partial charge on any atom is 0.251 e. The number of nitrogens with one attached hydrogen (secondary N) is 2. The molecule has 1 heterocycles. The van der Waals surface area contributed by atoms with Gasteiger partial charge in [-0.3, -0.25) is 14.4 Å². The van der Waals surface area contributed by atoms with E-state index in [4.69, 9.17) is 0 Å². The molecule has 1 aromatic heterocycles. The van der Waals surface area contributed by atoms with Crippen molar-refractivity contribution < 1.29 is 9.59 Å². The van der Waals surface area contributed by atoms with E-state index in [9.17, 15) is 14.4 Å². The van der Waals surface area contributed by atoms with E-state index in [1.165, 1.54) is 0 Å². The van der Waals surface area contributed by atoms with E-state index in [2.05, 4.69) is 16.4 Å². The molecule has 0 saturated heterocycles. The lowest BCUT2D eigenvalue weighted by atomic mass is 10.0. The summed E-state index contributed by atoms with van der Waals surface area (Å²) in [7, 11) is 0. The van der Waals surface area contributed by atoms with Crippen LogP contribution in [-0.4, -0.2) is 23.2 Å². The van der Waals surface area contributed by atoms with Gasteiger partial charge in [-0.2, -0.15) is 0 Å². The first kappa shape index (κ1) is 20.5. The topological polar surface area (TPSA) is 79.0 Å².